The van der Waals surface area contributed by atoms with Crippen molar-refractivity contribution in [3.8, 4) is 0 Å². The zero-order valence-electron chi connectivity index (χ0n) is 13.3. The Labute approximate surface area is 131 Å². The number of nitrogens with zero attached hydrogens (tertiary/aromatic N) is 1. The molecule has 1 aliphatic rings. The Morgan fingerprint density at radius 1 is 1.45 bits per heavy atom. The Hall–Kier alpha value is -1.62. The lowest BCUT2D eigenvalue weighted by atomic mass is 9.84. The fourth-order valence-corrected chi connectivity index (χ4v) is 2.91. The molecule has 0 spiro atoms. The van der Waals surface area contributed by atoms with Gasteiger partial charge in [0.1, 0.15) is 5.82 Å². The molecule has 1 atom stereocenters. The summed E-state index contributed by atoms with van der Waals surface area (Å²) < 4.78 is 13.9. The molecule has 0 aliphatic carbocycles. The quantitative estimate of drug-likeness (QED) is 0.898. The Balaban J connectivity index is 1.94. The Bertz CT molecular complexity index is 519. The summed E-state index contributed by atoms with van der Waals surface area (Å²) in [6, 6.07) is 6.52. The lowest BCUT2D eigenvalue weighted by Gasteiger charge is -2.33. The molecule has 2 amide bonds. The number of amides is 2. The van der Waals surface area contributed by atoms with Crippen molar-refractivity contribution in [1.82, 2.24) is 10.2 Å². The van der Waals surface area contributed by atoms with Crippen LogP contribution in [0, 0.1) is 11.7 Å². The van der Waals surface area contributed by atoms with Gasteiger partial charge >= 0.3 is 6.03 Å². The van der Waals surface area contributed by atoms with E-state index in [2.05, 4.69) is 5.32 Å². The van der Waals surface area contributed by atoms with Crippen LogP contribution < -0.4 is 5.32 Å². The normalized spacial score (nSPS) is 19.1. The maximum absolute atomic E-state index is 13.9. The van der Waals surface area contributed by atoms with Crippen LogP contribution in [0.4, 0.5) is 9.18 Å². The van der Waals surface area contributed by atoms with E-state index < -0.39 is 5.41 Å². The van der Waals surface area contributed by atoms with Crippen LogP contribution in [0.25, 0.3) is 0 Å². The van der Waals surface area contributed by atoms with Crippen LogP contribution in [0.5, 0.6) is 0 Å². The highest BCUT2D eigenvalue weighted by atomic mass is 19.1. The summed E-state index contributed by atoms with van der Waals surface area (Å²) in [4.78, 5) is 14.0. The molecular formula is C17H25FN2O2. The molecule has 22 heavy (non-hydrogen) atoms. The largest absolute Gasteiger partial charge is 0.396 e. The minimum atomic E-state index is -0.479. The van der Waals surface area contributed by atoms with E-state index in [1.807, 2.05) is 13.8 Å². The first-order valence-corrected chi connectivity index (χ1v) is 7.82. The lowest BCUT2D eigenvalue weighted by Crippen LogP contribution is -2.48. The molecular weight excluding hydrogens is 283 g/mol. The van der Waals surface area contributed by atoms with Crippen molar-refractivity contribution in [3.63, 3.8) is 0 Å². The van der Waals surface area contributed by atoms with Crippen LogP contribution in [-0.2, 0) is 5.41 Å². The van der Waals surface area contributed by atoms with Crippen LogP contribution in [0.15, 0.2) is 24.3 Å². The lowest BCUT2D eigenvalue weighted by molar-refractivity contribution is 0.128. The van der Waals surface area contributed by atoms with Crippen LogP contribution in [-0.4, -0.2) is 42.3 Å². The third-order valence-electron chi connectivity index (χ3n) is 4.35. The van der Waals surface area contributed by atoms with Gasteiger partial charge in [0, 0.05) is 31.7 Å². The average Bonchev–Trinajstić information content (AvgIpc) is 2.53. The van der Waals surface area contributed by atoms with E-state index in [0.717, 1.165) is 12.8 Å². The zero-order chi connectivity index (χ0) is 16.2. The van der Waals surface area contributed by atoms with E-state index in [4.69, 9.17) is 0 Å². The van der Waals surface area contributed by atoms with E-state index in [0.29, 0.717) is 25.2 Å². The van der Waals surface area contributed by atoms with Crippen molar-refractivity contribution in [2.24, 2.45) is 5.92 Å². The van der Waals surface area contributed by atoms with Gasteiger partial charge in [0.05, 0.1) is 0 Å². The van der Waals surface area contributed by atoms with Gasteiger partial charge in [-0.05, 0) is 30.4 Å². The number of carbonyl (C=O) groups excluding carboxylic acids is 1. The van der Waals surface area contributed by atoms with Crippen LogP contribution in [0.3, 0.4) is 0 Å². The smallest absolute Gasteiger partial charge is 0.317 e. The molecule has 0 radical (unpaired) electrons. The van der Waals surface area contributed by atoms with Gasteiger partial charge in [-0.1, -0.05) is 32.0 Å². The average molecular weight is 308 g/mol. The number of likely N-dealkylation sites (tertiary alicyclic amines) is 1. The second-order valence-corrected chi connectivity index (χ2v) is 6.66. The molecule has 5 heteroatoms. The van der Waals surface area contributed by atoms with E-state index in [9.17, 15) is 14.3 Å². The molecule has 2 rings (SSSR count). The van der Waals surface area contributed by atoms with Crippen molar-refractivity contribution in [2.75, 3.05) is 26.2 Å². The van der Waals surface area contributed by atoms with Crippen LogP contribution in [0.1, 0.15) is 32.3 Å². The molecule has 1 aromatic carbocycles. The van der Waals surface area contributed by atoms with Gasteiger partial charge in [-0.3, -0.25) is 0 Å². The third kappa shape index (κ3) is 3.97. The molecule has 0 aromatic heterocycles. The Morgan fingerprint density at radius 2 is 2.18 bits per heavy atom. The van der Waals surface area contributed by atoms with E-state index >= 15 is 0 Å². The van der Waals surface area contributed by atoms with Crippen molar-refractivity contribution in [3.05, 3.63) is 35.6 Å². The molecule has 1 saturated heterocycles. The number of hydrogen-bond acceptors (Lipinski definition) is 2. The molecule has 1 unspecified atom stereocenters. The first-order valence-electron chi connectivity index (χ1n) is 7.82. The van der Waals surface area contributed by atoms with Gasteiger partial charge in [0.25, 0.3) is 0 Å². The predicted octanol–water partition coefficient (Wildman–Crippen LogP) is 2.52. The minimum absolute atomic E-state index is 0.116. The van der Waals surface area contributed by atoms with Crippen LogP contribution in [0.2, 0.25) is 0 Å². The topological polar surface area (TPSA) is 52.6 Å². The van der Waals surface area contributed by atoms with Gasteiger partial charge in [-0.2, -0.15) is 0 Å². The summed E-state index contributed by atoms with van der Waals surface area (Å²) >= 11 is 0. The van der Waals surface area contributed by atoms with Gasteiger partial charge in [-0.15, -0.1) is 0 Å². The summed E-state index contributed by atoms with van der Waals surface area (Å²) in [5, 5.41) is 12.1. The number of rotatable bonds is 4. The van der Waals surface area contributed by atoms with Crippen molar-refractivity contribution < 1.29 is 14.3 Å². The Morgan fingerprint density at radius 3 is 2.86 bits per heavy atom. The summed E-state index contributed by atoms with van der Waals surface area (Å²) in [5.74, 6) is -0.0841. The highest BCUT2D eigenvalue weighted by molar-refractivity contribution is 5.74. The van der Waals surface area contributed by atoms with E-state index in [1.165, 1.54) is 6.07 Å². The first-order chi connectivity index (χ1) is 10.4. The zero-order valence-corrected chi connectivity index (χ0v) is 13.3. The number of aliphatic hydroxyl groups is 1. The molecule has 2 N–H and O–H groups in total. The molecule has 1 heterocycles. The monoisotopic (exact) mass is 308 g/mol. The third-order valence-corrected chi connectivity index (χ3v) is 4.35. The fraction of sp³-hybridized carbons (Fsp3) is 0.588. The first kappa shape index (κ1) is 16.7. The Kier molecular flexibility index (Phi) is 5.40. The van der Waals surface area contributed by atoms with Crippen molar-refractivity contribution in [1.29, 1.82) is 0 Å². The minimum Gasteiger partial charge on any atom is -0.396 e. The number of carbonyl (C=O) groups is 1. The summed E-state index contributed by atoms with van der Waals surface area (Å²) in [5.41, 5.74) is 0.120. The predicted molar refractivity (Wildman–Crippen MR) is 84.2 cm³/mol. The highest BCUT2D eigenvalue weighted by Gasteiger charge is 2.27. The number of urea groups is 1. The molecule has 0 saturated carbocycles. The van der Waals surface area contributed by atoms with Crippen LogP contribution >= 0.6 is 0 Å². The fourth-order valence-electron chi connectivity index (χ4n) is 2.91. The summed E-state index contributed by atoms with van der Waals surface area (Å²) in [6.45, 7) is 5.61. The summed E-state index contributed by atoms with van der Waals surface area (Å²) in [7, 11) is 0. The number of halogens is 1. The SMILES string of the molecule is CC(C)(CNC(=O)N1CCCC(CO)C1)c1ccccc1F. The number of piperidine rings is 1. The number of benzene rings is 1. The van der Waals surface area contributed by atoms with E-state index in [1.54, 1.807) is 23.1 Å². The summed E-state index contributed by atoms with van der Waals surface area (Å²) in [6.07, 6.45) is 1.87. The maximum atomic E-state index is 13.9. The van der Waals surface area contributed by atoms with Gasteiger partial charge < -0.3 is 15.3 Å². The molecule has 1 fully saturated rings. The molecule has 122 valence electrons. The van der Waals surface area contributed by atoms with Crippen molar-refractivity contribution >= 4 is 6.03 Å². The maximum Gasteiger partial charge on any atom is 0.317 e. The second kappa shape index (κ2) is 7.09. The van der Waals surface area contributed by atoms with Crippen molar-refractivity contribution in [2.45, 2.75) is 32.1 Å². The van der Waals surface area contributed by atoms with Gasteiger partial charge in [-0.25, -0.2) is 9.18 Å². The van der Waals surface area contributed by atoms with Gasteiger partial charge in [0.2, 0.25) is 0 Å². The molecule has 1 aliphatic heterocycles. The van der Waals surface area contributed by atoms with E-state index in [-0.39, 0.29) is 24.4 Å². The highest BCUT2D eigenvalue weighted by Crippen LogP contribution is 2.25. The molecule has 4 nitrogen and oxygen atoms in total. The molecule has 0 bridgehead atoms. The van der Waals surface area contributed by atoms with Gasteiger partial charge in [0.15, 0.2) is 0 Å². The second-order valence-electron chi connectivity index (χ2n) is 6.66. The number of nitrogens with one attached hydrogen (secondary N) is 1. The number of aliphatic hydroxyl groups excluding tert-OH is 1. The molecule has 1 aromatic rings. The number of hydrogen-bond donors (Lipinski definition) is 2. The standard InChI is InChI=1S/C17H25FN2O2/c1-17(2,14-7-3-4-8-15(14)18)12-19-16(22)20-9-5-6-13(10-20)11-21/h3-4,7-8,13,21H,5-6,9-12H2,1-2H3,(H,19,22).